The molecule has 0 aromatic heterocycles. The van der Waals surface area contributed by atoms with Crippen LogP contribution in [0.4, 0.5) is 23.7 Å². The molecule has 0 aliphatic carbocycles. The lowest BCUT2D eigenvalue weighted by atomic mass is 10.1. The number of carbonyl (C=O) groups excluding carboxylic acids is 2. The maximum absolute atomic E-state index is 12.6. The van der Waals surface area contributed by atoms with Crippen molar-refractivity contribution in [2.75, 3.05) is 11.9 Å². The van der Waals surface area contributed by atoms with Gasteiger partial charge in [-0.15, -0.1) is 0 Å². The van der Waals surface area contributed by atoms with E-state index in [0.29, 0.717) is 16.8 Å². The summed E-state index contributed by atoms with van der Waals surface area (Å²) in [5, 5.41) is 2.64. The zero-order chi connectivity index (χ0) is 22.4. The van der Waals surface area contributed by atoms with E-state index in [1.54, 1.807) is 31.3 Å². The Bertz CT molecular complexity index is 1030. The zero-order valence-electron chi connectivity index (χ0n) is 16.5. The van der Waals surface area contributed by atoms with Crippen LogP contribution in [0.25, 0.3) is 0 Å². The molecule has 3 rings (SSSR count). The molecule has 0 heterocycles. The van der Waals surface area contributed by atoms with E-state index >= 15 is 0 Å². The van der Waals surface area contributed by atoms with Gasteiger partial charge in [-0.2, -0.15) is 13.2 Å². The number of hydrogen-bond donors (Lipinski definition) is 1. The van der Waals surface area contributed by atoms with Crippen LogP contribution in [0.5, 0.6) is 5.75 Å². The molecule has 0 saturated heterocycles. The van der Waals surface area contributed by atoms with E-state index in [2.05, 4.69) is 5.32 Å². The Labute approximate surface area is 177 Å². The van der Waals surface area contributed by atoms with E-state index in [0.717, 1.165) is 12.1 Å². The second-order valence-corrected chi connectivity index (χ2v) is 6.66. The van der Waals surface area contributed by atoms with Crippen LogP contribution >= 0.6 is 0 Å². The second-order valence-electron chi connectivity index (χ2n) is 6.66. The van der Waals surface area contributed by atoms with Crippen molar-refractivity contribution in [3.8, 4) is 5.75 Å². The molecule has 0 aliphatic rings. The molecule has 0 fully saturated rings. The molecule has 5 nitrogen and oxygen atoms in total. The normalized spacial score (nSPS) is 11.0. The molecule has 8 heteroatoms. The van der Waals surface area contributed by atoms with Gasteiger partial charge in [-0.05, 0) is 54.1 Å². The molecule has 0 aliphatic heterocycles. The SMILES string of the molecule is CN(C(=O)Oc1ccc(C(=O)NCc2ccc(C(F)(F)F)cc2)cc1)c1ccccc1. The van der Waals surface area contributed by atoms with E-state index in [9.17, 15) is 22.8 Å². The summed E-state index contributed by atoms with van der Waals surface area (Å²) >= 11 is 0. The van der Waals surface area contributed by atoms with Crippen molar-refractivity contribution in [2.45, 2.75) is 12.7 Å². The predicted molar refractivity (Wildman–Crippen MR) is 110 cm³/mol. The van der Waals surface area contributed by atoms with Crippen LogP contribution in [0.2, 0.25) is 0 Å². The quantitative estimate of drug-likeness (QED) is 0.602. The van der Waals surface area contributed by atoms with Crippen LogP contribution in [-0.4, -0.2) is 19.0 Å². The summed E-state index contributed by atoms with van der Waals surface area (Å²) in [6.45, 7) is 0.0789. The molecule has 0 unspecified atom stereocenters. The van der Waals surface area contributed by atoms with Crippen LogP contribution in [0, 0.1) is 0 Å². The largest absolute Gasteiger partial charge is 0.419 e. The first kappa shape index (κ1) is 21.9. The molecule has 160 valence electrons. The molecule has 0 radical (unpaired) electrons. The number of anilines is 1. The first-order valence-corrected chi connectivity index (χ1v) is 9.29. The van der Waals surface area contributed by atoms with Gasteiger partial charge in [0.2, 0.25) is 0 Å². The Morgan fingerprint density at radius 2 is 1.52 bits per heavy atom. The van der Waals surface area contributed by atoms with Gasteiger partial charge in [0.1, 0.15) is 5.75 Å². The minimum absolute atomic E-state index is 0.0789. The lowest BCUT2D eigenvalue weighted by molar-refractivity contribution is -0.137. The topological polar surface area (TPSA) is 58.6 Å². The molecule has 1 N–H and O–H groups in total. The molecule has 0 saturated carbocycles. The highest BCUT2D eigenvalue weighted by Crippen LogP contribution is 2.29. The van der Waals surface area contributed by atoms with Crippen LogP contribution in [0.3, 0.4) is 0 Å². The van der Waals surface area contributed by atoms with Crippen LogP contribution < -0.4 is 15.0 Å². The summed E-state index contributed by atoms with van der Waals surface area (Å²) in [6.07, 6.45) is -4.98. The van der Waals surface area contributed by atoms with Crippen LogP contribution in [-0.2, 0) is 12.7 Å². The summed E-state index contributed by atoms with van der Waals surface area (Å²) in [5.74, 6) is -0.133. The zero-order valence-corrected chi connectivity index (χ0v) is 16.5. The predicted octanol–water partition coefficient (Wildman–Crippen LogP) is 5.27. The van der Waals surface area contributed by atoms with Gasteiger partial charge in [-0.3, -0.25) is 9.69 Å². The van der Waals surface area contributed by atoms with E-state index < -0.39 is 23.7 Å². The molecule has 0 atom stereocenters. The molecule has 31 heavy (non-hydrogen) atoms. The maximum atomic E-state index is 12.6. The standard InChI is InChI=1S/C23H19F3N2O3/c1-28(19-5-3-2-4-6-19)22(30)31-20-13-9-17(10-14-20)21(29)27-15-16-7-11-18(12-8-16)23(24,25)26/h2-14H,15H2,1H3,(H,27,29). The van der Waals surface area contributed by atoms with Crippen molar-refractivity contribution in [1.29, 1.82) is 0 Å². The number of nitrogens with zero attached hydrogens (tertiary/aromatic N) is 1. The molecule has 2 amide bonds. The highest BCUT2D eigenvalue weighted by molar-refractivity contribution is 5.94. The summed E-state index contributed by atoms with van der Waals surface area (Å²) < 4.78 is 43.1. The number of hydrogen-bond acceptors (Lipinski definition) is 3. The summed E-state index contributed by atoms with van der Waals surface area (Å²) in [4.78, 5) is 25.8. The fraction of sp³-hybridized carbons (Fsp3) is 0.130. The van der Waals surface area contributed by atoms with E-state index in [1.165, 1.54) is 41.3 Å². The molecule has 3 aromatic rings. The first-order chi connectivity index (χ1) is 14.7. The number of halogens is 3. The Kier molecular flexibility index (Phi) is 6.59. The van der Waals surface area contributed by atoms with Crippen molar-refractivity contribution < 1.29 is 27.5 Å². The molecular formula is C23H19F3N2O3. The fourth-order valence-electron chi connectivity index (χ4n) is 2.70. The van der Waals surface area contributed by atoms with Gasteiger partial charge in [-0.25, -0.2) is 4.79 Å². The summed E-state index contributed by atoms with van der Waals surface area (Å²) in [7, 11) is 1.58. The average Bonchev–Trinajstić information content (AvgIpc) is 2.77. The van der Waals surface area contributed by atoms with Crippen LogP contribution in [0.15, 0.2) is 78.9 Å². The average molecular weight is 428 g/mol. The van der Waals surface area contributed by atoms with Gasteiger partial charge < -0.3 is 10.1 Å². The Balaban J connectivity index is 1.54. The molecule has 3 aromatic carbocycles. The van der Waals surface area contributed by atoms with Crippen molar-refractivity contribution in [2.24, 2.45) is 0 Å². The van der Waals surface area contributed by atoms with Crippen molar-refractivity contribution in [3.63, 3.8) is 0 Å². The number of rotatable bonds is 5. The highest BCUT2D eigenvalue weighted by Gasteiger charge is 2.29. The summed E-state index contributed by atoms with van der Waals surface area (Å²) in [6, 6.07) is 19.5. The second kappa shape index (κ2) is 9.34. The first-order valence-electron chi connectivity index (χ1n) is 9.29. The number of benzene rings is 3. The molecular weight excluding hydrogens is 409 g/mol. The van der Waals surface area contributed by atoms with Crippen molar-refractivity contribution in [1.82, 2.24) is 5.32 Å². The van der Waals surface area contributed by atoms with Gasteiger partial charge in [-0.1, -0.05) is 30.3 Å². The van der Waals surface area contributed by atoms with Gasteiger partial charge in [0.15, 0.2) is 0 Å². The van der Waals surface area contributed by atoms with Gasteiger partial charge in [0.25, 0.3) is 5.91 Å². The van der Waals surface area contributed by atoms with Crippen molar-refractivity contribution >= 4 is 17.7 Å². The number of para-hydroxylation sites is 1. The van der Waals surface area contributed by atoms with Crippen molar-refractivity contribution in [3.05, 3.63) is 95.6 Å². The van der Waals surface area contributed by atoms with Gasteiger partial charge in [0.05, 0.1) is 5.56 Å². The monoisotopic (exact) mass is 428 g/mol. The third-order valence-electron chi connectivity index (χ3n) is 4.47. The number of ether oxygens (including phenoxy) is 1. The summed E-state index contributed by atoms with van der Waals surface area (Å²) in [5.41, 5.74) is 0.788. The minimum Gasteiger partial charge on any atom is -0.410 e. The number of nitrogens with one attached hydrogen (secondary N) is 1. The molecule has 0 spiro atoms. The number of alkyl halides is 3. The van der Waals surface area contributed by atoms with E-state index in [-0.39, 0.29) is 12.3 Å². The Morgan fingerprint density at radius 3 is 2.10 bits per heavy atom. The lowest BCUT2D eigenvalue weighted by Gasteiger charge is -2.16. The lowest BCUT2D eigenvalue weighted by Crippen LogP contribution is -2.29. The Hall–Kier alpha value is -3.81. The maximum Gasteiger partial charge on any atom is 0.419 e. The minimum atomic E-state index is -4.40. The van der Waals surface area contributed by atoms with E-state index in [1.807, 2.05) is 6.07 Å². The van der Waals surface area contributed by atoms with E-state index in [4.69, 9.17) is 4.74 Å². The third kappa shape index (κ3) is 5.85. The van der Waals surface area contributed by atoms with Gasteiger partial charge in [0, 0.05) is 24.8 Å². The number of carbonyl (C=O) groups is 2. The third-order valence-corrected chi connectivity index (χ3v) is 4.47. The highest BCUT2D eigenvalue weighted by atomic mass is 19.4. The Morgan fingerprint density at radius 1 is 0.903 bits per heavy atom. The number of amides is 2. The van der Waals surface area contributed by atoms with Crippen LogP contribution in [0.1, 0.15) is 21.5 Å². The molecule has 0 bridgehead atoms. The fourth-order valence-corrected chi connectivity index (χ4v) is 2.70. The van der Waals surface area contributed by atoms with Gasteiger partial charge >= 0.3 is 12.3 Å². The smallest absolute Gasteiger partial charge is 0.410 e.